The zero-order chi connectivity index (χ0) is 19.3. The first-order valence-corrected chi connectivity index (χ1v) is 10.2. The number of likely N-dealkylation sites (tertiary alicyclic amines) is 1. The van der Waals surface area contributed by atoms with Crippen LogP contribution < -0.4 is 0 Å². The Bertz CT molecular complexity index is 903. The summed E-state index contributed by atoms with van der Waals surface area (Å²) in [6.45, 7) is 1.98. The van der Waals surface area contributed by atoms with E-state index in [0.29, 0.717) is 18.7 Å². The van der Waals surface area contributed by atoms with Crippen LogP contribution in [0.3, 0.4) is 0 Å². The minimum atomic E-state index is -0.383. The van der Waals surface area contributed by atoms with Gasteiger partial charge >= 0.3 is 0 Å². The van der Waals surface area contributed by atoms with E-state index < -0.39 is 0 Å². The Hall–Kier alpha value is -2.64. The minimum Gasteiger partial charge on any atom is -0.348 e. The van der Waals surface area contributed by atoms with Crippen molar-refractivity contribution in [2.45, 2.75) is 44.1 Å². The Morgan fingerprint density at radius 3 is 2.64 bits per heavy atom. The molecule has 0 atom stereocenters. The van der Waals surface area contributed by atoms with Gasteiger partial charge in [0, 0.05) is 50.9 Å². The van der Waals surface area contributed by atoms with Gasteiger partial charge in [-0.25, -0.2) is 4.98 Å². The molecule has 1 saturated heterocycles. The van der Waals surface area contributed by atoms with E-state index in [1.54, 1.807) is 23.4 Å². The standard InChI is InChI=1S/C20H26N6O2/c1-24-12-15(11-23-24)18(27)25-9-6-20(7-10-25)17-16(21-13-22-17)5-8-26(20)19(28)14-3-2-4-14/h11-14H,2-10H2,1H3,(H,21,22). The molecule has 5 rings (SSSR count). The number of aromatic amines is 1. The van der Waals surface area contributed by atoms with Crippen LogP contribution in [0.25, 0.3) is 0 Å². The van der Waals surface area contributed by atoms with Gasteiger partial charge in [-0.1, -0.05) is 6.42 Å². The molecule has 0 aromatic carbocycles. The summed E-state index contributed by atoms with van der Waals surface area (Å²) in [7, 11) is 1.81. The lowest BCUT2D eigenvalue weighted by Crippen LogP contribution is -2.60. The van der Waals surface area contributed by atoms with E-state index in [9.17, 15) is 9.59 Å². The highest BCUT2D eigenvalue weighted by atomic mass is 16.2. The summed E-state index contributed by atoms with van der Waals surface area (Å²) in [5.41, 5.74) is 2.39. The number of carbonyl (C=O) groups is 2. The fraction of sp³-hybridized carbons (Fsp3) is 0.600. The van der Waals surface area contributed by atoms with Gasteiger partial charge in [0.05, 0.1) is 29.3 Å². The number of fused-ring (bicyclic) bond motifs is 2. The predicted molar refractivity (Wildman–Crippen MR) is 101 cm³/mol. The fourth-order valence-electron chi connectivity index (χ4n) is 4.98. The van der Waals surface area contributed by atoms with E-state index in [1.807, 2.05) is 11.9 Å². The number of imidazole rings is 1. The van der Waals surface area contributed by atoms with Crippen molar-refractivity contribution in [2.24, 2.45) is 13.0 Å². The lowest BCUT2D eigenvalue weighted by atomic mass is 9.76. The molecule has 28 heavy (non-hydrogen) atoms. The molecule has 1 saturated carbocycles. The van der Waals surface area contributed by atoms with Crippen LogP contribution in [0.4, 0.5) is 0 Å². The predicted octanol–water partition coefficient (Wildman–Crippen LogP) is 1.46. The normalized spacial score (nSPS) is 21.5. The highest BCUT2D eigenvalue weighted by Crippen LogP contribution is 2.44. The van der Waals surface area contributed by atoms with E-state index in [2.05, 4.69) is 20.0 Å². The third-order valence-corrected chi connectivity index (χ3v) is 6.81. The largest absolute Gasteiger partial charge is 0.348 e. The van der Waals surface area contributed by atoms with Gasteiger partial charge in [-0.15, -0.1) is 0 Å². The summed E-state index contributed by atoms with van der Waals surface area (Å²) in [5, 5.41) is 4.11. The number of aryl methyl sites for hydroxylation is 1. The Labute approximate surface area is 163 Å². The third kappa shape index (κ3) is 2.57. The van der Waals surface area contributed by atoms with Crippen LogP contribution in [-0.2, 0) is 23.8 Å². The maximum atomic E-state index is 13.2. The summed E-state index contributed by atoms with van der Waals surface area (Å²) in [6, 6.07) is 0. The molecule has 1 N–H and O–H groups in total. The second kappa shape index (κ2) is 6.46. The fourth-order valence-corrected chi connectivity index (χ4v) is 4.98. The minimum absolute atomic E-state index is 0.0119. The lowest BCUT2D eigenvalue weighted by molar-refractivity contribution is -0.148. The molecule has 8 heteroatoms. The second-order valence-electron chi connectivity index (χ2n) is 8.32. The number of rotatable bonds is 2. The van der Waals surface area contributed by atoms with Crippen LogP contribution in [0.2, 0.25) is 0 Å². The number of nitrogens with zero attached hydrogens (tertiary/aromatic N) is 5. The van der Waals surface area contributed by atoms with Crippen molar-refractivity contribution < 1.29 is 9.59 Å². The molecular weight excluding hydrogens is 356 g/mol. The van der Waals surface area contributed by atoms with Gasteiger partial charge in [0.1, 0.15) is 0 Å². The van der Waals surface area contributed by atoms with Crippen molar-refractivity contribution in [3.63, 3.8) is 0 Å². The van der Waals surface area contributed by atoms with Crippen LogP contribution in [0, 0.1) is 5.92 Å². The van der Waals surface area contributed by atoms with Crippen molar-refractivity contribution in [2.75, 3.05) is 19.6 Å². The Kier molecular flexibility index (Phi) is 4.03. The smallest absolute Gasteiger partial charge is 0.257 e. The Morgan fingerprint density at radius 2 is 2.00 bits per heavy atom. The van der Waals surface area contributed by atoms with Gasteiger partial charge in [0.25, 0.3) is 5.91 Å². The maximum absolute atomic E-state index is 13.2. The van der Waals surface area contributed by atoms with E-state index >= 15 is 0 Å². The molecule has 2 aromatic heterocycles. The van der Waals surface area contributed by atoms with Crippen molar-refractivity contribution in [3.8, 4) is 0 Å². The highest BCUT2D eigenvalue weighted by molar-refractivity contribution is 5.93. The van der Waals surface area contributed by atoms with Gasteiger partial charge in [0.2, 0.25) is 5.91 Å². The van der Waals surface area contributed by atoms with Crippen LogP contribution in [-0.4, -0.2) is 61.0 Å². The molecule has 2 fully saturated rings. The van der Waals surface area contributed by atoms with Crippen molar-refractivity contribution in [1.29, 1.82) is 0 Å². The number of piperidine rings is 1. The summed E-state index contributed by atoms with van der Waals surface area (Å²) >= 11 is 0. The molecule has 1 aliphatic carbocycles. The monoisotopic (exact) mass is 382 g/mol. The topological polar surface area (TPSA) is 87.1 Å². The van der Waals surface area contributed by atoms with Gasteiger partial charge in [-0.2, -0.15) is 5.10 Å². The third-order valence-electron chi connectivity index (χ3n) is 6.81. The Morgan fingerprint density at radius 1 is 1.21 bits per heavy atom. The number of hydrogen-bond donors (Lipinski definition) is 1. The number of hydrogen-bond acceptors (Lipinski definition) is 4. The molecule has 3 aliphatic rings. The highest BCUT2D eigenvalue weighted by Gasteiger charge is 2.50. The molecule has 0 bridgehead atoms. The van der Waals surface area contributed by atoms with E-state index in [0.717, 1.165) is 56.5 Å². The van der Waals surface area contributed by atoms with Gasteiger partial charge < -0.3 is 14.8 Å². The van der Waals surface area contributed by atoms with Crippen molar-refractivity contribution in [1.82, 2.24) is 29.5 Å². The summed E-state index contributed by atoms with van der Waals surface area (Å²) < 4.78 is 1.65. The molecular formula is C20H26N6O2. The molecule has 2 aliphatic heterocycles. The van der Waals surface area contributed by atoms with Crippen LogP contribution in [0.15, 0.2) is 18.7 Å². The molecule has 4 heterocycles. The first kappa shape index (κ1) is 17.5. The second-order valence-corrected chi connectivity index (χ2v) is 8.32. The van der Waals surface area contributed by atoms with Crippen LogP contribution in [0.5, 0.6) is 0 Å². The van der Waals surface area contributed by atoms with E-state index in [-0.39, 0.29) is 23.3 Å². The first-order valence-electron chi connectivity index (χ1n) is 10.2. The zero-order valence-electron chi connectivity index (χ0n) is 16.2. The Balaban J connectivity index is 1.41. The van der Waals surface area contributed by atoms with E-state index in [1.165, 1.54) is 0 Å². The number of aromatic nitrogens is 4. The summed E-state index contributed by atoms with van der Waals surface area (Å²) in [5.74, 6) is 0.470. The molecule has 2 amide bonds. The van der Waals surface area contributed by atoms with Gasteiger partial charge in [0.15, 0.2) is 0 Å². The number of H-pyrrole nitrogens is 1. The molecule has 0 radical (unpaired) electrons. The quantitative estimate of drug-likeness (QED) is 0.852. The molecule has 1 spiro atoms. The number of carbonyl (C=O) groups excluding carboxylic acids is 2. The average molecular weight is 382 g/mol. The number of amides is 2. The zero-order valence-corrected chi connectivity index (χ0v) is 16.2. The van der Waals surface area contributed by atoms with E-state index in [4.69, 9.17) is 0 Å². The average Bonchev–Trinajstić information content (AvgIpc) is 3.30. The van der Waals surface area contributed by atoms with Crippen molar-refractivity contribution >= 4 is 11.8 Å². The van der Waals surface area contributed by atoms with Crippen LogP contribution >= 0.6 is 0 Å². The van der Waals surface area contributed by atoms with Gasteiger partial charge in [-0.05, 0) is 25.7 Å². The number of nitrogens with one attached hydrogen (secondary N) is 1. The lowest BCUT2D eigenvalue weighted by Gasteiger charge is -2.51. The SMILES string of the molecule is Cn1cc(C(=O)N2CCC3(CC2)c2nc[nH]c2CCN3C(=O)C2CCC2)cn1. The maximum Gasteiger partial charge on any atom is 0.257 e. The summed E-state index contributed by atoms with van der Waals surface area (Å²) in [6.07, 6.45) is 10.6. The first-order chi connectivity index (χ1) is 13.6. The molecule has 8 nitrogen and oxygen atoms in total. The molecule has 2 aromatic rings. The molecule has 0 unspecified atom stereocenters. The molecule has 148 valence electrons. The van der Waals surface area contributed by atoms with Crippen molar-refractivity contribution in [3.05, 3.63) is 35.7 Å². The van der Waals surface area contributed by atoms with Crippen LogP contribution in [0.1, 0.15) is 53.8 Å². The summed E-state index contributed by atoms with van der Waals surface area (Å²) in [4.78, 5) is 37.9. The van der Waals surface area contributed by atoms with Gasteiger partial charge in [-0.3, -0.25) is 14.3 Å².